The summed E-state index contributed by atoms with van der Waals surface area (Å²) < 4.78 is 17.1. The number of carbonyl (C=O) groups excluding carboxylic acids is 1. The van der Waals surface area contributed by atoms with Crippen molar-refractivity contribution in [2.45, 2.75) is 12.5 Å². The van der Waals surface area contributed by atoms with Crippen LogP contribution >= 0.6 is 23.2 Å². The highest BCUT2D eigenvalue weighted by atomic mass is 35.5. The minimum absolute atomic E-state index is 0.0152. The Bertz CT molecular complexity index is 1580. The summed E-state index contributed by atoms with van der Waals surface area (Å²) in [6.45, 7) is 0.444. The van der Waals surface area contributed by atoms with Gasteiger partial charge in [-0.2, -0.15) is 5.26 Å². The zero-order valence-electron chi connectivity index (χ0n) is 19.9. The monoisotopic (exact) mass is 542 g/mol. The number of nitriles is 1. The van der Waals surface area contributed by atoms with Crippen LogP contribution in [0.5, 0.6) is 17.2 Å². The molecule has 0 spiro atoms. The molecule has 4 aromatic rings. The predicted octanol–water partition coefficient (Wildman–Crippen LogP) is 7.01. The van der Waals surface area contributed by atoms with Crippen molar-refractivity contribution in [3.8, 4) is 23.3 Å². The van der Waals surface area contributed by atoms with Crippen LogP contribution in [0.2, 0.25) is 10.0 Å². The number of rotatable bonds is 6. The molecule has 188 valence electrons. The van der Waals surface area contributed by atoms with E-state index in [0.717, 1.165) is 11.1 Å². The molecule has 1 aliphatic heterocycles. The Kier molecular flexibility index (Phi) is 7.23. The summed E-state index contributed by atoms with van der Waals surface area (Å²) in [5.74, 6) is 0.176. The SMILES string of the molecule is N#CC1=C(N)Oc2cc(OC(=O)c3ccc(Cl)cc3Cl)ccc2C1c1ccc(OCc2ccccc2)cc1. The van der Waals surface area contributed by atoms with Gasteiger partial charge < -0.3 is 19.9 Å². The lowest BCUT2D eigenvalue weighted by atomic mass is 9.83. The van der Waals surface area contributed by atoms with Crippen molar-refractivity contribution in [3.63, 3.8) is 0 Å². The first-order valence-electron chi connectivity index (χ1n) is 11.6. The van der Waals surface area contributed by atoms with Crippen molar-refractivity contribution in [2.24, 2.45) is 5.73 Å². The topological polar surface area (TPSA) is 94.6 Å². The summed E-state index contributed by atoms with van der Waals surface area (Å²) in [7, 11) is 0. The maximum absolute atomic E-state index is 12.7. The number of hydrogen-bond donors (Lipinski definition) is 1. The van der Waals surface area contributed by atoms with E-state index in [2.05, 4.69) is 6.07 Å². The number of nitrogens with two attached hydrogens (primary N) is 1. The normalized spacial score (nSPS) is 14.2. The fourth-order valence-corrected chi connectivity index (χ4v) is 4.64. The Morgan fingerprint density at radius 2 is 1.68 bits per heavy atom. The maximum Gasteiger partial charge on any atom is 0.345 e. The molecule has 1 unspecified atom stereocenters. The van der Waals surface area contributed by atoms with Crippen LogP contribution in [0.15, 0.2) is 102 Å². The minimum atomic E-state index is -0.647. The second-order valence-corrected chi connectivity index (χ2v) is 9.33. The zero-order chi connectivity index (χ0) is 26.6. The Balaban J connectivity index is 1.39. The van der Waals surface area contributed by atoms with E-state index in [9.17, 15) is 10.1 Å². The Morgan fingerprint density at radius 1 is 0.947 bits per heavy atom. The lowest BCUT2D eigenvalue weighted by Gasteiger charge is -2.27. The highest BCUT2D eigenvalue weighted by Gasteiger charge is 2.31. The quantitative estimate of drug-likeness (QED) is 0.208. The molecular formula is C30H20Cl2N2O4. The predicted molar refractivity (Wildman–Crippen MR) is 144 cm³/mol. The molecule has 0 radical (unpaired) electrons. The fourth-order valence-electron chi connectivity index (χ4n) is 4.16. The van der Waals surface area contributed by atoms with Crippen molar-refractivity contribution in [1.82, 2.24) is 0 Å². The van der Waals surface area contributed by atoms with E-state index in [-0.39, 0.29) is 27.8 Å². The molecule has 5 rings (SSSR count). The van der Waals surface area contributed by atoms with E-state index >= 15 is 0 Å². The first-order valence-corrected chi connectivity index (χ1v) is 12.3. The molecule has 0 bridgehead atoms. The van der Waals surface area contributed by atoms with Gasteiger partial charge in [-0.3, -0.25) is 0 Å². The molecule has 0 aromatic heterocycles. The number of nitrogens with zero attached hydrogens (tertiary/aromatic N) is 1. The van der Waals surface area contributed by atoms with Gasteiger partial charge in [-0.15, -0.1) is 0 Å². The molecule has 1 heterocycles. The Morgan fingerprint density at radius 3 is 2.39 bits per heavy atom. The second kappa shape index (κ2) is 10.9. The van der Waals surface area contributed by atoms with Crippen molar-refractivity contribution in [1.29, 1.82) is 5.26 Å². The van der Waals surface area contributed by atoms with Gasteiger partial charge in [0.2, 0.25) is 5.88 Å². The number of fused-ring (bicyclic) bond motifs is 1. The van der Waals surface area contributed by atoms with Crippen LogP contribution in [0.4, 0.5) is 0 Å². The van der Waals surface area contributed by atoms with Crippen molar-refractivity contribution < 1.29 is 19.0 Å². The third kappa shape index (κ3) is 5.30. The average Bonchev–Trinajstić information content (AvgIpc) is 2.92. The number of allylic oxidation sites excluding steroid dienone is 1. The molecule has 0 aliphatic carbocycles. The van der Waals surface area contributed by atoms with Crippen LogP contribution in [0.25, 0.3) is 0 Å². The van der Waals surface area contributed by atoms with Crippen LogP contribution in [-0.4, -0.2) is 5.97 Å². The van der Waals surface area contributed by atoms with E-state index in [1.165, 1.54) is 12.1 Å². The Labute approximate surface area is 229 Å². The number of ether oxygens (including phenoxy) is 3. The van der Waals surface area contributed by atoms with Crippen LogP contribution in [-0.2, 0) is 6.61 Å². The highest BCUT2D eigenvalue weighted by molar-refractivity contribution is 6.36. The van der Waals surface area contributed by atoms with Gasteiger partial charge in [-0.25, -0.2) is 4.79 Å². The largest absolute Gasteiger partial charge is 0.489 e. The number of carbonyl (C=O) groups is 1. The van der Waals surface area contributed by atoms with Crippen LogP contribution in [0.1, 0.15) is 33.0 Å². The van der Waals surface area contributed by atoms with Crippen molar-refractivity contribution in [2.75, 3.05) is 0 Å². The van der Waals surface area contributed by atoms with E-state index in [4.69, 9.17) is 43.1 Å². The number of hydrogen-bond acceptors (Lipinski definition) is 6. The average molecular weight is 543 g/mol. The number of esters is 1. The van der Waals surface area contributed by atoms with Crippen LogP contribution < -0.4 is 19.9 Å². The third-order valence-corrected chi connectivity index (χ3v) is 6.56. The van der Waals surface area contributed by atoms with Crippen molar-refractivity contribution >= 4 is 29.2 Å². The van der Waals surface area contributed by atoms with Gasteiger partial charge in [0.05, 0.1) is 16.5 Å². The first kappa shape index (κ1) is 25.2. The molecule has 4 aromatic carbocycles. The highest BCUT2D eigenvalue weighted by Crippen LogP contribution is 2.43. The van der Waals surface area contributed by atoms with E-state index < -0.39 is 11.9 Å². The van der Waals surface area contributed by atoms with E-state index in [1.54, 1.807) is 24.3 Å². The standard InChI is InChI=1S/C30H20Cl2N2O4/c31-20-8-12-23(26(32)14-20)30(35)37-22-11-13-24-27(15-22)38-29(34)25(16-33)28(24)19-6-9-21(10-7-19)36-17-18-4-2-1-3-5-18/h1-15,28H,17,34H2. The number of benzene rings is 4. The molecule has 38 heavy (non-hydrogen) atoms. The molecule has 0 saturated carbocycles. The van der Waals surface area contributed by atoms with Gasteiger partial charge in [0.25, 0.3) is 0 Å². The fraction of sp³-hybridized carbons (Fsp3) is 0.0667. The summed E-state index contributed by atoms with van der Waals surface area (Å²) in [5.41, 5.74) is 9.18. The van der Waals surface area contributed by atoms with E-state index in [1.807, 2.05) is 54.6 Å². The summed E-state index contributed by atoms with van der Waals surface area (Å²) in [6.07, 6.45) is 0. The maximum atomic E-state index is 12.7. The molecule has 0 amide bonds. The van der Waals surface area contributed by atoms with Crippen LogP contribution in [0, 0.1) is 11.3 Å². The number of halogens is 2. The molecule has 1 atom stereocenters. The molecule has 0 saturated heterocycles. The summed E-state index contributed by atoms with van der Waals surface area (Å²) in [6, 6.07) is 29.0. The Hall–Kier alpha value is -4.44. The second-order valence-electron chi connectivity index (χ2n) is 8.48. The van der Waals surface area contributed by atoms with E-state index in [0.29, 0.717) is 28.7 Å². The van der Waals surface area contributed by atoms with Gasteiger partial charge in [0, 0.05) is 16.7 Å². The van der Waals surface area contributed by atoms with Gasteiger partial charge in [0.15, 0.2) is 0 Å². The van der Waals surface area contributed by atoms with Crippen molar-refractivity contribution in [3.05, 3.63) is 135 Å². The van der Waals surface area contributed by atoms with Crippen LogP contribution in [0.3, 0.4) is 0 Å². The van der Waals surface area contributed by atoms with Gasteiger partial charge in [0.1, 0.15) is 35.5 Å². The first-order chi connectivity index (χ1) is 18.4. The van der Waals surface area contributed by atoms with Gasteiger partial charge in [-0.05, 0) is 47.5 Å². The molecule has 0 fully saturated rings. The minimum Gasteiger partial charge on any atom is -0.489 e. The van der Waals surface area contributed by atoms with Gasteiger partial charge >= 0.3 is 5.97 Å². The summed E-state index contributed by atoms with van der Waals surface area (Å²) >= 11 is 12.0. The summed E-state index contributed by atoms with van der Waals surface area (Å²) in [5, 5.41) is 10.4. The smallest absolute Gasteiger partial charge is 0.345 e. The lowest BCUT2D eigenvalue weighted by Crippen LogP contribution is -2.21. The third-order valence-electron chi connectivity index (χ3n) is 6.01. The lowest BCUT2D eigenvalue weighted by molar-refractivity contribution is 0.0734. The molecule has 6 nitrogen and oxygen atoms in total. The molecule has 1 aliphatic rings. The van der Waals surface area contributed by atoms with Gasteiger partial charge in [-0.1, -0.05) is 71.7 Å². The zero-order valence-corrected chi connectivity index (χ0v) is 21.4. The molecular weight excluding hydrogens is 523 g/mol. The molecule has 8 heteroatoms. The molecule has 2 N–H and O–H groups in total. The summed E-state index contributed by atoms with van der Waals surface area (Å²) in [4.78, 5) is 12.7.